The second-order valence-electron chi connectivity index (χ2n) is 1.84. The van der Waals surface area contributed by atoms with Crippen LogP contribution in [-0.4, -0.2) is 37.6 Å². The molecular formula is C8H21NOS. The number of likely N-dealkylation sites (N-methyl/N-ethyl adjacent to an activating group) is 1. The first kappa shape index (κ1) is 13.8. The molecule has 0 aromatic rings. The van der Waals surface area contributed by atoms with Gasteiger partial charge in [0.2, 0.25) is 0 Å². The fourth-order valence-electron chi connectivity index (χ4n) is 0.549. The summed E-state index contributed by atoms with van der Waals surface area (Å²) < 4.78 is 4.90. The van der Waals surface area contributed by atoms with Crippen LogP contribution >= 0.6 is 12.6 Å². The number of thiol groups is 1. The van der Waals surface area contributed by atoms with Gasteiger partial charge < -0.3 is 4.74 Å². The Balaban J connectivity index is 0. The first-order chi connectivity index (χ1) is 5.35. The third-order valence-electron chi connectivity index (χ3n) is 1.26. The molecule has 0 spiro atoms. The van der Waals surface area contributed by atoms with Crippen molar-refractivity contribution in [2.45, 2.75) is 20.8 Å². The predicted octanol–water partition coefficient (Wildman–Crippen LogP) is 1.87. The van der Waals surface area contributed by atoms with Crippen LogP contribution in [0, 0.1) is 0 Å². The molecule has 0 aliphatic rings. The van der Waals surface area contributed by atoms with Crippen LogP contribution in [0.2, 0.25) is 0 Å². The number of nitrogens with zero attached hydrogens (tertiary/aromatic N) is 1. The lowest BCUT2D eigenvalue weighted by atomic mass is 10.5. The normalized spacial score (nSPS) is 9.27. The fourth-order valence-corrected chi connectivity index (χ4v) is 0.891. The summed E-state index contributed by atoms with van der Waals surface area (Å²) in [5.41, 5.74) is 0. The number of hydrogen-bond donors (Lipinski definition) is 1. The van der Waals surface area contributed by atoms with Gasteiger partial charge in [-0.15, -0.1) is 0 Å². The highest BCUT2D eigenvalue weighted by molar-refractivity contribution is 7.80. The maximum Gasteiger partial charge on any atom is 0.0589 e. The van der Waals surface area contributed by atoms with E-state index in [2.05, 4.69) is 24.5 Å². The summed E-state index contributed by atoms with van der Waals surface area (Å²) in [7, 11) is 1.71. The Morgan fingerprint density at radius 1 is 1.36 bits per heavy atom. The SMILES string of the molecule is CC.CCN(CS)CCOC. The number of ether oxygens (including phenoxy) is 1. The maximum atomic E-state index is 4.90. The van der Waals surface area contributed by atoms with E-state index in [0.717, 1.165) is 25.6 Å². The van der Waals surface area contributed by atoms with Gasteiger partial charge in [-0.2, -0.15) is 12.6 Å². The molecule has 0 radical (unpaired) electrons. The molecule has 0 amide bonds. The van der Waals surface area contributed by atoms with E-state index in [4.69, 9.17) is 4.74 Å². The van der Waals surface area contributed by atoms with Crippen molar-refractivity contribution >= 4 is 12.6 Å². The lowest BCUT2D eigenvalue weighted by Crippen LogP contribution is -2.25. The van der Waals surface area contributed by atoms with Crippen molar-refractivity contribution in [1.82, 2.24) is 4.90 Å². The van der Waals surface area contributed by atoms with E-state index in [1.54, 1.807) is 7.11 Å². The third kappa shape index (κ3) is 10.3. The molecule has 0 unspecified atom stereocenters. The van der Waals surface area contributed by atoms with Gasteiger partial charge >= 0.3 is 0 Å². The summed E-state index contributed by atoms with van der Waals surface area (Å²) in [6.07, 6.45) is 0. The minimum Gasteiger partial charge on any atom is -0.383 e. The van der Waals surface area contributed by atoms with Crippen LogP contribution in [0.4, 0.5) is 0 Å². The molecule has 0 aliphatic carbocycles. The first-order valence-corrected chi connectivity index (χ1v) is 4.80. The number of hydrogen-bond acceptors (Lipinski definition) is 3. The molecule has 2 nitrogen and oxygen atoms in total. The van der Waals surface area contributed by atoms with Crippen molar-refractivity contribution in [2.75, 3.05) is 32.7 Å². The van der Waals surface area contributed by atoms with Crippen LogP contribution in [-0.2, 0) is 4.74 Å². The van der Waals surface area contributed by atoms with Gasteiger partial charge in [-0.3, -0.25) is 4.90 Å². The maximum absolute atomic E-state index is 4.90. The van der Waals surface area contributed by atoms with Crippen molar-refractivity contribution < 1.29 is 4.74 Å². The molecule has 70 valence electrons. The first-order valence-electron chi connectivity index (χ1n) is 4.17. The Hall–Kier alpha value is 0.270. The minimum absolute atomic E-state index is 0.800. The van der Waals surface area contributed by atoms with Gasteiger partial charge in [0.15, 0.2) is 0 Å². The van der Waals surface area contributed by atoms with Gasteiger partial charge in [-0.25, -0.2) is 0 Å². The van der Waals surface area contributed by atoms with Gasteiger partial charge in [-0.05, 0) is 6.54 Å². The van der Waals surface area contributed by atoms with Gasteiger partial charge in [0.1, 0.15) is 0 Å². The second-order valence-corrected chi connectivity index (χ2v) is 2.13. The molecule has 0 aliphatic heterocycles. The molecule has 0 saturated carbocycles. The Labute approximate surface area is 76.3 Å². The minimum atomic E-state index is 0.800. The van der Waals surface area contributed by atoms with Gasteiger partial charge in [-0.1, -0.05) is 20.8 Å². The van der Waals surface area contributed by atoms with Crippen LogP contribution in [0.5, 0.6) is 0 Å². The van der Waals surface area contributed by atoms with E-state index in [1.165, 1.54) is 0 Å². The van der Waals surface area contributed by atoms with Crippen molar-refractivity contribution in [3.63, 3.8) is 0 Å². The van der Waals surface area contributed by atoms with E-state index >= 15 is 0 Å². The zero-order valence-corrected chi connectivity index (χ0v) is 9.03. The third-order valence-corrected chi connectivity index (χ3v) is 1.66. The number of rotatable bonds is 5. The van der Waals surface area contributed by atoms with Crippen LogP contribution in [0.25, 0.3) is 0 Å². The largest absolute Gasteiger partial charge is 0.383 e. The molecular weight excluding hydrogens is 158 g/mol. The highest BCUT2D eigenvalue weighted by Crippen LogP contribution is 1.88. The quantitative estimate of drug-likeness (QED) is 0.511. The molecule has 11 heavy (non-hydrogen) atoms. The lowest BCUT2D eigenvalue weighted by Gasteiger charge is -2.15. The summed E-state index contributed by atoms with van der Waals surface area (Å²) >= 11 is 4.14. The van der Waals surface area contributed by atoms with Crippen LogP contribution in [0.15, 0.2) is 0 Å². The zero-order chi connectivity index (χ0) is 9.11. The van der Waals surface area contributed by atoms with Crippen molar-refractivity contribution in [2.24, 2.45) is 0 Å². The highest BCUT2D eigenvalue weighted by Gasteiger charge is 1.95. The molecule has 0 N–H and O–H groups in total. The van der Waals surface area contributed by atoms with Gasteiger partial charge in [0.25, 0.3) is 0 Å². The van der Waals surface area contributed by atoms with Gasteiger partial charge in [0.05, 0.1) is 6.61 Å². The van der Waals surface area contributed by atoms with E-state index < -0.39 is 0 Å². The van der Waals surface area contributed by atoms with E-state index in [1.807, 2.05) is 13.8 Å². The van der Waals surface area contributed by atoms with Crippen molar-refractivity contribution in [3.8, 4) is 0 Å². The summed E-state index contributed by atoms with van der Waals surface area (Å²) in [6.45, 7) is 8.95. The molecule has 0 heterocycles. The molecule has 0 aromatic heterocycles. The standard InChI is InChI=1S/C6H15NOS.C2H6/c1-3-7(6-9)4-5-8-2;1-2/h9H,3-6H2,1-2H3;1-2H3. The fraction of sp³-hybridized carbons (Fsp3) is 1.00. The summed E-state index contributed by atoms with van der Waals surface area (Å²) in [6, 6.07) is 0. The Morgan fingerprint density at radius 2 is 1.91 bits per heavy atom. The molecule has 3 heteroatoms. The topological polar surface area (TPSA) is 12.5 Å². The Kier molecular flexibility index (Phi) is 16.2. The van der Waals surface area contributed by atoms with Crippen LogP contribution in [0.1, 0.15) is 20.8 Å². The van der Waals surface area contributed by atoms with Gasteiger partial charge in [0, 0.05) is 19.5 Å². The predicted molar refractivity (Wildman–Crippen MR) is 54.3 cm³/mol. The second kappa shape index (κ2) is 12.9. The smallest absolute Gasteiger partial charge is 0.0589 e. The molecule has 0 fully saturated rings. The average molecular weight is 179 g/mol. The van der Waals surface area contributed by atoms with E-state index in [9.17, 15) is 0 Å². The van der Waals surface area contributed by atoms with Crippen molar-refractivity contribution in [1.29, 1.82) is 0 Å². The number of methoxy groups -OCH3 is 1. The zero-order valence-electron chi connectivity index (χ0n) is 8.13. The monoisotopic (exact) mass is 179 g/mol. The van der Waals surface area contributed by atoms with Crippen LogP contribution in [0.3, 0.4) is 0 Å². The van der Waals surface area contributed by atoms with E-state index in [-0.39, 0.29) is 0 Å². The molecule has 0 saturated heterocycles. The summed E-state index contributed by atoms with van der Waals surface area (Å²) in [5, 5.41) is 0. The molecule has 0 aromatic carbocycles. The molecule has 0 atom stereocenters. The van der Waals surface area contributed by atoms with E-state index in [0.29, 0.717) is 0 Å². The Morgan fingerprint density at radius 3 is 2.18 bits per heavy atom. The Bertz CT molecular complexity index is 58.1. The summed E-state index contributed by atoms with van der Waals surface area (Å²) in [4.78, 5) is 2.20. The highest BCUT2D eigenvalue weighted by atomic mass is 32.1. The molecule has 0 bridgehead atoms. The van der Waals surface area contributed by atoms with Crippen LogP contribution < -0.4 is 0 Å². The molecule has 0 rings (SSSR count). The summed E-state index contributed by atoms with van der Waals surface area (Å²) in [5.74, 6) is 0.819. The van der Waals surface area contributed by atoms with Crippen molar-refractivity contribution in [3.05, 3.63) is 0 Å². The average Bonchev–Trinajstić information content (AvgIpc) is 2.10. The lowest BCUT2D eigenvalue weighted by molar-refractivity contribution is 0.161.